The fraction of sp³-hybridized carbons (Fsp3) is 0.833. The molecule has 0 amide bonds. The zero-order valence-corrected chi connectivity index (χ0v) is 8.11. The Hall–Kier alpha value is -0.620. The Morgan fingerprint density at radius 3 is 2.42 bits per heavy atom. The van der Waals surface area contributed by atoms with Gasteiger partial charge in [0.15, 0.2) is 0 Å². The number of nitrogens with two attached hydrogens (primary N) is 1. The van der Waals surface area contributed by atoms with Crippen LogP contribution in [0, 0.1) is 5.41 Å². The quantitative estimate of drug-likeness (QED) is 0.411. The first-order chi connectivity index (χ1) is 5.37. The Morgan fingerprint density at radius 2 is 2.17 bits per heavy atom. The molecule has 0 rings (SSSR count). The normalized spacial score (nSPS) is 14.2. The predicted octanol–water partition coefficient (Wildman–Crippen LogP) is -0.360. The lowest BCUT2D eigenvalue weighted by Crippen LogP contribution is -2.43. The average molecular weight is 193 g/mol. The fourth-order valence-electron chi connectivity index (χ4n) is 0.825. The molecular weight excluding hydrogens is 178 g/mol. The van der Waals surface area contributed by atoms with Crippen LogP contribution in [0.15, 0.2) is 0 Å². The number of hydrogen-bond acceptors (Lipinski definition) is 3. The van der Waals surface area contributed by atoms with Crippen molar-refractivity contribution in [1.29, 1.82) is 5.41 Å². The molecule has 0 radical (unpaired) electrons. The summed E-state index contributed by atoms with van der Waals surface area (Å²) < 4.78 is 23.8. The first kappa shape index (κ1) is 11.4. The van der Waals surface area contributed by atoms with E-state index in [1.807, 2.05) is 6.92 Å². The fourth-order valence-corrected chi connectivity index (χ4v) is 1.59. The molecule has 0 bridgehead atoms. The molecule has 0 aromatic rings. The van der Waals surface area contributed by atoms with Crippen LogP contribution in [0.2, 0.25) is 0 Å². The minimum Gasteiger partial charge on any atom is -0.386 e. The standard InChI is InChI=1S/C6H15N3O2S/c1-3-4-5(6(7)8)9-12(2,10)11/h5,9H,3-4H2,1-2H3,(H3,7,8). The molecule has 0 aromatic carbocycles. The van der Waals surface area contributed by atoms with E-state index in [9.17, 15) is 8.42 Å². The van der Waals surface area contributed by atoms with Gasteiger partial charge in [-0.15, -0.1) is 0 Å². The van der Waals surface area contributed by atoms with Gasteiger partial charge in [0.1, 0.15) is 5.84 Å². The summed E-state index contributed by atoms with van der Waals surface area (Å²) in [6.45, 7) is 1.90. The van der Waals surface area contributed by atoms with Crippen molar-refractivity contribution in [2.45, 2.75) is 25.8 Å². The third-order valence-electron chi connectivity index (χ3n) is 1.31. The van der Waals surface area contributed by atoms with Crippen LogP contribution in [0.3, 0.4) is 0 Å². The molecule has 0 spiro atoms. The van der Waals surface area contributed by atoms with Gasteiger partial charge in [-0.1, -0.05) is 13.3 Å². The van der Waals surface area contributed by atoms with E-state index in [-0.39, 0.29) is 5.84 Å². The van der Waals surface area contributed by atoms with Crippen molar-refractivity contribution < 1.29 is 8.42 Å². The van der Waals surface area contributed by atoms with Crippen LogP contribution >= 0.6 is 0 Å². The third kappa shape index (κ3) is 5.09. The van der Waals surface area contributed by atoms with Crippen molar-refractivity contribution in [2.75, 3.05) is 6.26 Å². The van der Waals surface area contributed by atoms with E-state index in [0.29, 0.717) is 6.42 Å². The largest absolute Gasteiger partial charge is 0.386 e. The highest BCUT2D eigenvalue weighted by atomic mass is 32.2. The highest BCUT2D eigenvalue weighted by Gasteiger charge is 2.14. The minimum absolute atomic E-state index is 0.137. The number of amidine groups is 1. The first-order valence-electron chi connectivity index (χ1n) is 3.68. The van der Waals surface area contributed by atoms with Gasteiger partial charge >= 0.3 is 0 Å². The molecule has 1 unspecified atom stereocenters. The van der Waals surface area contributed by atoms with Crippen LogP contribution < -0.4 is 10.5 Å². The molecule has 0 aliphatic heterocycles. The Morgan fingerprint density at radius 1 is 1.67 bits per heavy atom. The monoisotopic (exact) mass is 193 g/mol. The molecule has 0 heterocycles. The second-order valence-corrected chi connectivity index (χ2v) is 4.47. The summed E-state index contributed by atoms with van der Waals surface area (Å²) in [7, 11) is -3.26. The van der Waals surface area contributed by atoms with Crippen molar-refractivity contribution in [3.05, 3.63) is 0 Å². The SMILES string of the molecule is CCCC(NS(C)(=O)=O)C(=N)N. The van der Waals surface area contributed by atoms with E-state index in [1.54, 1.807) is 0 Å². The summed E-state index contributed by atoms with van der Waals surface area (Å²) in [4.78, 5) is 0. The number of rotatable bonds is 5. The van der Waals surface area contributed by atoms with E-state index in [0.717, 1.165) is 12.7 Å². The molecule has 0 aliphatic rings. The highest BCUT2D eigenvalue weighted by Crippen LogP contribution is 1.97. The third-order valence-corrected chi connectivity index (χ3v) is 2.02. The van der Waals surface area contributed by atoms with Crippen molar-refractivity contribution in [3.8, 4) is 0 Å². The molecule has 72 valence electrons. The van der Waals surface area contributed by atoms with Crippen LogP contribution in [0.5, 0.6) is 0 Å². The van der Waals surface area contributed by atoms with Crippen molar-refractivity contribution in [1.82, 2.24) is 4.72 Å². The van der Waals surface area contributed by atoms with Crippen LogP contribution in [0.1, 0.15) is 19.8 Å². The molecular formula is C6H15N3O2S. The summed E-state index contributed by atoms with van der Waals surface area (Å²) in [6, 6.07) is -0.551. The van der Waals surface area contributed by atoms with E-state index in [4.69, 9.17) is 11.1 Å². The second kappa shape index (κ2) is 4.42. The van der Waals surface area contributed by atoms with Gasteiger partial charge in [0, 0.05) is 0 Å². The Bertz CT molecular complexity index is 248. The van der Waals surface area contributed by atoms with Gasteiger partial charge in [-0.2, -0.15) is 0 Å². The maximum Gasteiger partial charge on any atom is 0.209 e. The van der Waals surface area contributed by atoms with Crippen LogP contribution in [0.4, 0.5) is 0 Å². The van der Waals surface area contributed by atoms with Crippen LogP contribution in [0.25, 0.3) is 0 Å². The summed E-state index contributed by atoms with van der Waals surface area (Å²) >= 11 is 0. The van der Waals surface area contributed by atoms with Gasteiger partial charge in [-0.3, -0.25) is 5.41 Å². The Kier molecular flexibility index (Phi) is 4.19. The topological polar surface area (TPSA) is 96.0 Å². The van der Waals surface area contributed by atoms with E-state index >= 15 is 0 Å². The molecule has 1 atom stereocenters. The molecule has 12 heavy (non-hydrogen) atoms. The summed E-state index contributed by atoms with van der Waals surface area (Å²) in [5, 5.41) is 7.09. The Balaban J connectivity index is 4.24. The first-order valence-corrected chi connectivity index (χ1v) is 5.57. The lowest BCUT2D eigenvalue weighted by Gasteiger charge is -2.14. The van der Waals surface area contributed by atoms with Crippen LogP contribution in [-0.4, -0.2) is 26.6 Å². The van der Waals surface area contributed by atoms with Gasteiger partial charge < -0.3 is 5.73 Å². The maximum atomic E-state index is 10.8. The predicted molar refractivity (Wildman–Crippen MR) is 48.6 cm³/mol. The van der Waals surface area contributed by atoms with Gasteiger partial charge in [-0.05, 0) is 6.42 Å². The summed E-state index contributed by atoms with van der Waals surface area (Å²) in [5.74, 6) is -0.137. The van der Waals surface area contributed by atoms with Gasteiger partial charge in [0.2, 0.25) is 10.0 Å². The smallest absolute Gasteiger partial charge is 0.209 e. The van der Waals surface area contributed by atoms with Gasteiger partial charge in [0.25, 0.3) is 0 Å². The molecule has 0 aromatic heterocycles. The van der Waals surface area contributed by atoms with Crippen molar-refractivity contribution in [2.24, 2.45) is 5.73 Å². The average Bonchev–Trinajstić information content (AvgIpc) is 1.83. The number of hydrogen-bond donors (Lipinski definition) is 3. The maximum absolute atomic E-state index is 10.8. The zero-order chi connectivity index (χ0) is 9.78. The number of sulfonamides is 1. The van der Waals surface area contributed by atoms with E-state index in [2.05, 4.69) is 4.72 Å². The number of nitrogens with one attached hydrogen (secondary N) is 2. The Labute approximate surface area is 72.9 Å². The van der Waals surface area contributed by atoms with Crippen molar-refractivity contribution >= 4 is 15.9 Å². The molecule has 5 nitrogen and oxygen atoms in total. The lowest BCUT2D eigenvalue weighted by molar-refractivity contribution is 0.571. The molecule has 0 fully saturated rings. The molecule has 0 saturated carbocycles. The lowest BCUT2D eigenvalue weighted by atomic mass is 10.2. The van der Waals surface area contributed by atoms with E-state index in [1.165, 1.54) is 0 Å². The molecule has 4 N–H and O–H groups in total. The van der Waals surface area contributed by atoms with Crippen molar-refractivity contribution in [3.63, 3.8) is 0 Å². The van der Waals surface area contributed by atoms with Gasteiger partial charge in [0.05, 0.1) is 12.3 Å². The second-order valence-electron chi connectivity index (χ2n) is 2.69. The molecule has 0 saturated heterocycles. The van der Waals surface area contributed by atoms with Crippen LogP contribution in [-0.2, 0) is 10.0 Å². The van der Waals surface area contributed by atoms with Gasteiger partial charge in [-0.25, -0.2) is 13.1 Å². The molecule has 0 aliphatic carbocycles. The van der Waals surface area contributed by atoms with E-state index < -0.39 is 16.1 Å². The summed E-state index contributed by atoms with van der Waals surface area (Å²) in [5.41, 5.74) is 5.19. The summed E-state index contributed by atoms with van der Waals surface area (Å²) in [6.07, 6.45) is 2.40. The highest BCUT2D eigenvalue weighted by molar-refractivity contribution is 7.88. The molecule has 6 heteroatoms. The minimum atomic E-state index is -3.26. The zero-order valence-electron chi connectivity index (χ0n) is 7.29.